The highest BCUT2D eigenvalue weighted by molar-refractivity contribution is 7.90. The number of anilines is 1. The first kappa shape index (κ1) is 21.5. The highest BCUT2D eigenvalue weighted by Crippen LogP contribution is 2.25. The quantitative estimate of drug-likeness (QED) is 0.441. The number of sulfone groups is 1. The van der Waals surface area contributed by atoms with Gasteiger partial charge in [-0.3, -0.25) is 4.79 Å². The second kappa shape index (κ2) is 8.80. The number of carbonyl (C=O) groups is 1. The summed E-state index contributed by atoms with van der Waals surface area (Å²) in [5, 5.41) is 2.90. The molecule has 0 saturated heterocycles. The number of para-hydroxylation sites is 1. The van der Waals surface area contributed by atoms with Crippen LogP contribution in [0.15, 0.2) is 88.2 Å². The molecule has 162 valence electrons. The summed E-state index contributed by atoms with van der Waals surface area (Å²) in [6, 6.07) is 22.6. The number of hydrogen-bond donors (Lipinski definition) is 1. The van der Waals surface area contributed by atoms with Crippen molar-refractivity contribution in [1.29, 1.82) is 0 Å². The zero-order valence-corrected chi connectivity index (χ0v) is 18.5. The van der Waals surface area contributed by atoms with Gasteiger partial charge in [0.05, 0.1) is 10.6 Å². The van der Waals surface area contributed by atoms with Gasteiger partial charge < -0.3 is 9.73 Å². The third-order valence-electron chi connectivity index (χ3n) is 5.11. The summed E-state index contributed by atoms with van der Waals surface area (Å²) in [6.07, 6.45) is 0. The molecule has 1 N–H and O–H groups in total. The fraction of sp³-hybridized carbons (Fsp3) is 0.120. The Morgan fingerprint density at radius 2 is 1.56 bits per heavy atom. The van der Waals surface area contributed by atoms with Crippen LogP contribution in [-0.2, 0) is 15.6 Å². The number of oxazole rings is 1. The van der Waals surface area contributed by atoms with Gasteiger partial charge in [-0.25, -0.2) is 13.4 Å². The molecule has 1 heterocycles. The van der Waals surface area contributed by atoms with Crippen molar-refractivity contribution in [3.63, 3.8) is 0 Å². The molecule has 0 aliphatic rings. The van der Waals surface area contributed by atoms with E-state index in [4.69, 9.17) is 4.42 Å². The van der Waals surface area contributed by atoms with Crippen LogP contribution in [-0.4, -0.2) is 19.3 Å². The van der Waals surface area contributed by atoms with Crippen molar-refractivity contribution in [3.05, 3.63) is 101 Å². The molecule has 1 amide bonds. The summed E-state index contributed by atoms with van der Waals surface area (Å²) in [4.78, 5) is 17.2. The normalized spacial score (nSPS) is 11.3. The van der Waals surface area contributed by atoms with Gasteiger partial charge in [-0.1, -0.05) is 36.4 Å². The molecule has 3 aromatic carbocycles. The molecule has 6 nitrogen and oxygen atoms in total. The number of hydrogen-bond acceptors (Lipinski definition) is 5. The van der Waals surface area contributed by atoms with Gasteiger partial charge in [0.1, 0.15) is 11.5 Å². The number of carbonyl (C=O) groups excluding carboxylic acids is 1. The zero-order valence-electron chi connectivity index (χ0n) is 17.7. The molecule has 32 heavy (non-hydrogen) atoms. The molecular formula is C25H22N2O4S. The van der Waals surface area contributed by atoms with E-state index in [2.05, 4.69) is 10.3 Å². The standard InChI is InChI=1S/C25H22N2O4S/c1-17-8-6-7-11-22(17)26-24(28)19-12-14-20(15-13-19)25-27-23(18(2)31-25)16-32(29,30)21-9-4-3-5-10-21/h3-15H,16H2,1-2H3,(H,26,28). The summed E-state index contributed by atoms with van der Waals surface area (Å²) >= 11 is 0. The van der Waals surface area contributed by atoms with Gasteiger partial charge in [-0.15, -0.1) is 0 Å². The van der Waals surface area contributed by atoms with Crippen LogP contribution >= 0.6 is 0 Å². The molecule has 0 radical (unpaired) electrons. The van der Waals surface area contributed by atoms with Gasteiger partial charge in [-0.2, -0.15) is 0 Å². The van der Waals surface area contributed by atoms with Crippen LogP contribution in [0.5, 0.6) is 0 Å². The molecule has 0 saturated carbocycles. The predicted molar refractivity (Wildman–Crippen MR) is 123 cm³/mol. The summed E-state index contributed by atoms with van der Waals surface area (Å²) in [6.45, 7) is 3.62. The van der Waals surface area contributed by atoms with E-state index in [1.807, 2.05) is 31.2 Å². The first-order chi connectivity index (χ1) is 15.3. The molecule has 0 spiro atoms. The van der Waals surface area contributed by atoms with Crippen LogP contribution in [0.25, 0.3) is 11.5 Å². The maximum absolute atomic E-state index is 12.7. The average molecular weight is 447 g/mol. The number of aromatic nitrogens is 1. The molecular weight excluding hydrogens is 424 g/mol. The number of nitrogens with zero attached hydrogens (tertiary/aromatic N) is 1. The molecule has 0 bridgehead atoms. The van der Waals surface area contributed by atoms with Gasteiger partial charge >= 0.3 is 0 Å². The molecule has 1 aromatic heterocycles. The lowest BCUT2D eigenvalue weighted by Gasteiger charge is -2.08. The lowest BCUT2D eigenvalue weighted by molar-refractivity contribution is 0.102. The molecule has 4 rings (SSSR count). The van der Waals surface area contributed by atoms with Crippen LogP contribution in [0.3, 0.4) is 0 Å². The number of nitrogens with one attached hydrogen (secondary N) is 1. The number of amides is 1. The molecule has 4 aromatic rings. The molecule has 0 atom stereocenters. The Hall–Kier alpha value is -3.71. The minimum atomic E-state index is -3.53. The Morgan fingerprint density at radius 1 is 0.906 bits per heavy atom. The SMILES string of the molecule is Cc1ccccc1NC(=O)c1ccc(-c2nc(CS(=O)(=O)c3ccccc3)c(C)o2)cc1. The van der Waals surface area contributed by atoms with Gasteiger partial charge in [0.15, 0.2) is 9.84 Å². The number of aryl methyl sites for hydroxylation is 2. The Labute approximate surface area is 186 Å². The Balaban J connectivity index is 1.51. The third-order valence-corrected chi connectivity index (χ3v) is 6.75. The van der Waals surface area contributed by atoms with Gasteiger partial charge in [0, 0.05) is 16.8 Å². The van der Waals surface area contributed by atoms with Crippen molar-refractivity contribution in [1.82, 2.24) is 4.98 Å². The van der Waals surface area contributed by atoms with E-state index in [0.717, 1.165) is 11.3 Å². The fourth-order valence-corrected chi connectivity index (χ4v) is 4.61. The van der Waals surface area contributed by atoms with Crippen LogP contribution in [0, 0.1) is 13.8 Å². The van der Waals surface area contributed by atoms with Gasteiger partial charge in [-0.05, 0) is 61.9 Å². The van der Waals surface area contributed by atoms with Crippen molar-refractivity contribution in [2.24, 2.45) is 0 Å². The van der Waals surface area contributed by atoms with E-state index in [1.54, 1.807) is 61.5 Å². The van der Waals surface area contributed by atoms with E-state index < -0.39 is 9.84 Å². The topological polar surface area (TPSA) is 89.3 Å². The molecule has 7 heteroatoms. The summed E-state index contributed by atoms with van der Waals surface area (Å²) in [7, 11) is -3.53. The lowest BCUT2D eigenvalue weighted by Crippen LogP contribution is -2.12. The average Bonchev–Trinajstić information content (AvgIpc) is 3.15. The van der Waals surface area contributed by atoms with Gasteiger partial charge in [0.2, 0.25) is 5.89 Å². The van der Waals surface area contributed by atoms with Crippen molar-refractivity contribution in [2.45, 2.75) is 24.5 Å². The van der Waals surface area contributed by atoms with Crippen LogP contribution in [0.2, 0.25) is 0 Å². The van der Waals surface area contributed by atoms with E-state index in [1.165, 1.54) is 0 Å². The summed E-state index contributed by atoms with van der Waals surface area (Å²) in [5.74, 6) is 0.292. The highest BCUT2D eigenvalue weighted by Gasteiger charge is 2.21. The summed E-state index contributed by atoms with van der Waals surface area (Å²) in [5.41, 5.74) is 3.25. The van der Waals surface area contributed by atoms with Crippen molar-refractivity contribution >= 4 is 21.4 Å². The Kier molecular flexibility index (Phi) is 5.92. The second-order valence-corrected chi connectivity index (χ2v) is 9.43. The van der Waals surface area contributed by atoms with Crippen molar-refractivity contribution < 1.29 is 17.6 Å². The van der Waals surface area contributed by atoms with E-state index in [0.29, 0.717) is 28.5 Å². The predicted octanol–water partition coefficient (Wildman–Crippen LogP) is 5.18. The third kappa shape index (κ3) is 4.63. The van der Waals surface area contributed by atoms with E-state index >= 15 is 0 Å². The number of rotatable bonds is 6. The van der Waals surface area contributed by atoms with Crippen molar-refractivity contribution in [3.8, 4) is 11.5 Å². The molecule has 0 aliphatic carbocycles. The summed E-state index contributed by atoms with van der Waals surface area (Å²) < 4.78 is 31.1. The minimum absolute atomic E-state index is 0.218. The fourth-order valence-electron chi connectivity index (χ4n) is 3.25. The van der Waals surface area contributed by atoms with Crippen LogP contribution in [0.4, 0.5) is 5.69 Å². The first-order valence-electron chi connectivity index (χ1n) is 10.0. The Bertz CT molecular complexity index is 1360. The van der Waals surface area contributed by atoms with Gasteiger partial charge in [0.25, 0.3) is 5.91 Å². The maximum Gasteiger partial charge on any atom is 0.255 e. The second-order valence-electron chi connectivity index (χ2n) is 7.44. The largest absolute Gasteiger partial charge is 0.441 e. The smallest absolute Gasteiger partial charge is 0.255 e. The van der Waals surface area contributed by atoms with E-state index in [9.17, 15) is 13.2 Å². The first-order valence-corrected chi connectivity index (χ1v) is 11.7. The highest BCUT2D eigenvalue weighted by atomic mass is 32.2. The molecule has 0 unspecified atom stereocenters. The van der Waals surface area contributed by atoms with Crippen molar-refractivity contribution in [2.75, 3.05) is 5.32 Å². The van der Waals surface area contributed by atoms with Crippen LogP contribution in [0.1, 0.15) is 27.4 Å². The zero-order chi connectivity index (χ0) is 22.7. The maximum atomic E-state index is 12.7. The monoisotopic (exact) mass is 446 g/mol. The molecule has 0 fully saturated rings. The number of benzene rings is 3. The van der Waals surface area contributed by atoms with Crippen LogP contribution < -0.4 is 5.32 Å². The van der Waals surface area contributed by atoms with E-state index in [-0.39, 0.29) is 16.6 Å². The minimum Gasteiger partial charge on any atom is -0.441 e. The Morgan fingerprint density at radius 3 is 2.25 bits per heavy atom. The lowest BCUT2D eigenvalue weighted by atomic mass is 10.1. The molecule has 0 aliphatic heterocycles.